The first-order chi connectivity index (χ1) is 8.88. The molecule has 0 aromatic carbocycles. The number of alkyl halides is 6. The van der Waals surface area contributed by atoms with Crippen molar-refractivity contribution in [2.24, 2.45) is 0 Å². The Morgan fingerprint density at radius 2 is 1.50 bits per heavy atom. The molecule has 5 nitrogen and oxygen atoms in total. The summed E-state index contributed by atoms with van der Waals surface area (Å²) in [5, 5.41) is 0.605. The minimum absolute atomic E-state index is 0.508. The Hall–Kier alpha value is -0.800. The molecule has 0 saturated carbocycles. The van der Waals surface area contributed by atoms with Crippen LogP contribution >= 0.6 is 7.60 Å². The van der Waals surface area contributed by atoms with E-state index in [0.717, 1.165) is 0 Å². The summed E-state index contributed by atoms with van der Waals surface area (Å²) in [6, 6.07) is 0. The number of halogens is 6. The van der Waals surface area contributed by atoms with Crippen LogP contribution in [0.15, 0.2) is 0 Å². The Balaban J connectivity index is 5.45. The average Bonchev–Trinajstić information content (AvgIpc) is 2.22. The van der Waals surface area contributed by atoms with Gasteiger partial charge in [-0.3, -0.25) is 9.36 Å². The van der Waals surface area contributed by atoms with Crippen LogP contribution in [0, 0.1) is 0 Å². The van der Waals surface area contributed by atoms with Gasteiger partial charge in [0.25, 0.3) is 0 Å². The van der Waals surface area contributed by atoms with Crippen LogP contribution in [0.1, 0.15) is 13.8 Å². The smallest absolute Gasteiger partial charge is 0.327 e. The molecule has 0 spiro atoms. The van der Waals surface area contributed by atoms with E-state index in [1.807, 2.05) is 0 Å². The molecule has 0 radical (unpaired) electrons. The molecule has 0 aliphatic heterocycles. The molecule has 0 aliphatic carbocycles. The highest BCUT2D eigenvalue weighted by atomic mass is 31.2. The minimum Gasteiger partial charge on any atom is -0.327 e. The molecule has 1 N–H and O–H groups in total. The zero-order chi connectivity index (χ0) is 16.2. The number of rotatable bonds is 6. The fourth-order valence-electron chi connectivity index (χ4n) is 1.09. The maximum atomic E-state index is 12.7. The van der Waals surface area contributed by atoms with E-state index in [9.17, 15) is 35.7 Å². The summed E-state index contributed by atoms with van der Waals surface area (Å²) in [5.74, 6) is -6.29. The normalized spacial score (nSPS) is 15.0. The van der Waals surface area contributed by atoms with Gasteiger partial charge in [-0.25, -0.2) is 0 Å². The topological polar surface area (TPSA) is 64.6 Å². The van der Waals surface area contributed by atoms with Crippen LogP contribution in [0.5, 0.6) is 0 Å². The Morgan fingerprint density at radius 3 is 1.75 bits per heavy atom. The molecule has 20 heavy (non-hydrogen) atoms. The van der Waals surface area contributed by atoms with Crippen molar-refractivity contribution in [3.8, 4) is 0 Å². The van der Waals surface area contributed by atoms with E-state index >= 15 is 0 Å². The van der Waals surface area contributed by atoms with E-state index in [0.29, 0.717) is 5.32 Å². The van der Waals surface area contributed by atoms with Crippen molar-refractivity contribution in [2.75, 3.05) is 13.2 Å². The van der Waals surface area contributed by atoms with Gasteiger partial charge in [-0.1, -0.05) is 0 Å². The van der Waals surface area contributed by atoms with Gasteiger partial charge in [0.1, 0.15) is 0 Å². The van der Waals surface area contributed by atoms with Crippen molar-refractivity contribution < 1.29 is 44.7 Å². The Kier molecular flexibility index (Phi) is 6.50. The molecular formula is C8H12F6NO4P. The maximum Gasteiger partial charge on any atom is 0.471 e. The van der Waals surface area contributed by atoms with E-state index in [2.05, 4.69) is 9.05 Å². The quantitative estimate of drug-likeness (QED) is 0.600. The molecule has 0 aromatic heterocycles. The lowest BCUT2D eigenvalue weighted by Crippen LogP contribution is -2.50. The predicted molar refractivity (Wildman–Crippen MR) is 54.9 cm³/mol. The van der Waals surface area contributed by atoms with Gasteiger partial charge >= 0.3 is 25.9 Å². The van der Waals surface area contributed by atoms with Crippen LogP contribution < -0.4 is 5.32 Å². The first kappa shape index (κ1) is 19.2. The van der Waals surface area contributed by atoms with Gasteiger partial charge in [0.15, 0.2) is 0 Å². The fraction of sp³-hybridized carbons (Fsp3) is 0.875. The number of amides is 1. The summed E-state index contributed by atoms with van der Waals surface area (Å²) in [7, 11) is -5.03. The zero-order valence-corrected chi connectivity index (χ0v) is 11.2. The predicted octanol–water partition coefficient (Wildman–Crippen LogP) is 2.82. The number of hydrogen-bond acceptors (Lipinski definition) is 4. The highest BCUT2D eigenvalue weighted by Gasteiger charge is 2.57. The van der Waals surface area contributed by atoms with Gasteiger partial charge in [-0.05, 0) is 13.8 Å². The second-order valence-corrected chi connectivity index (χ2v) is 5.40. The Morgan fingerprint density at radius 1 is 1.10 bits per heavy atom. The summed E-state index contributed by atoms with van der Waals surface area (Å²) in [4.78, 5) is 10.6. The van der Waals surface area contributed by atoms with Gasteiger partial charge in [-0.15, -0.1) is 0 Å². The third-order valence-corrected chi connectivity index (χ3v) is 4.06. The molecule has 0 aromatic rings. The van der Waals surface area contributed by atoms with Crippen molar-refractivity contribution >= 4 is 13.5 Å². The minimum atomic E-state index is -5.56. The van der Waals surface area contributed by atoms with Gasteiger partial charge < -0.3 is 14.4 Å². The van der Waals surface area contributed by atoms with Crippen molar-refractivity contribution in [1.82, 2.24) is 5.32 Å². The lowest BCUT2D eigenvalue weighted by molar-refractivity contribution is -0.182. The number of carbonyl (C=O) groups excluding carboxylic acids is 1. The molecule has 1 atom stereocenters. The van der Waals surface area contributed by atoms with Crippen LogP contribution in [-0.4, -0.2) is 37.3 Å². The second-order valence-electron chi connectivity index (χ2n) is 3.29. The van der Waals surface area contributed by atoms with E-state index in [4.69, 9.17) is 0 Å². The van der Waals surface area contributed by atoms with Crippen LogP contribution in [0.25, 0.3) is 0 Å². The molecular weight excluding hydrogens is 319 g/mol. The van der Waals surface area contributed by atoms with Crippen LogP contribution in [-0.2, 0) is 18.4 Å². The Labute approximate surface area is 110 Å². The van der Waals surface area contributed by atoms with Crippen molar-refractivity contribution in [3.05, 3.63) is 0 Å². The standard InChI is InChI=1S/C8H12F6NO4P/c1-3-18-20(17,19-4-2)6(8(12,13)14)15-5(16)7(9,10)11/h6H,3-4H2,1-2H3,(H,15,16)/t6-/m0/s1. The molecule has 0 rings (SSSR count). The molecule has 0 unspecified atom stereocenters. The number of nitrogens with one attached hydrogen (secondary N) is 1. The van der Waals surface area contributed by atoms with Crippen molar-refractivity contribution in [3.63, 3.8) is 0 Å². The van der Waals surface area contributed by atoms with Crippen LogP contribution in [0.2, 0.25) is 0 Å². The summed E-state index contributed by atoms with van der Waals surface area (Å²) in [6.45, 7) is 1.33. The van der Waals surface area contributed by atoms with E-state index in [-0.39, 0.29) is 0 Å². The molecule has 0 saturated heterocycles. The van der Waals surface area contributed by atoms with E-state index < -0.39 is 44.9 Å². The van der Waals surface area contributed by atoms with Crippen molar-refractivity contribution in [2.45, 2.75) is 32.0 Å². The highest BCUT2D eigenvalue weighted by Crippen LogP contribution is 2.57. The summed E-state index contributed by atoms with van der Waals surface area (Å²) >= 11 is 0. The molecule has 120 valence electrons. The molecule has 0 heterocycles. The SMILES string of the molecule is CCOP(=O)(OCC)[C@H](NC(=O)C(F)(F)F)C(F)(F)F. The third-order valence-electron chi connectivity index (χ3n) is 1.77. The average molecular weight is 331 g/mol. The fourth-order valence-corrected chi connectivity index (χ4v) is 2.82. The van der Waals surface area contributed by atoms with Gasteiger partial charge in [-0.2, -0.15) is 26.3 Å². The van der Waals surface area contributed by atoms with Crippen LogP contribution in [0.3, 0.4) is 0 Å². The number of carbonyl (C=O) groups is 1. The first-order valence-corrected chi connectivity index (χ1v) is 6.82. The van der Waals surface area contributed by atoms with E-state index in [1.165, 1.54) is 13.8 Å². The molecule has 12 heteroatoms. The first-order valence-electron chi connectivity index (χ1n) is 5.21. The lowest BCUT2D eigenvalue weighted by Gasteiger charge is -2.28. The third kappa shape index (κ3) is 5.29. The molecule has 1 amide bonds. The van der Waals surface area contributed by atoms with Gasteiger partial charge in [0.05, 0.1) is 13.2 Å². The van der Waals surface area contributed by atoms with Crippen LogP contribution in [0.4, 0.5) is 26.3 Å². The van der Waals surface area contributed by atoms with Gasteiger partial charge in [0, 0.05) is 0 Å². The zero-order valence-electron chi connectivity index (χ0n) is 10.3. The maximum absolute atomic E-state index is 12.7. The molecule has 0 aliphatic rings. The molecule has 0 fully saturated rings. The molecule has 0 bridgehead atoms. The van der Waals surface area contributed by atoms with Crippen molar-refractivity contribution in [1.29, 1.82) is 0 Å². The van der Waals surface area contributed by atoms with E-state index in [1.54, 1.807) is 0 Å². The summed E-state index contributed by atoms with van der Waals surface area (Å²) in [6.07, 6.45) is -11.0. The lowest BCUT2D eigenvalue weighted by atomic mass is 10.5. The second kappa shape index (κ2) is 6.77. The summed E-state index contributed by atoms with van der Waals surface area (Å²) < 4.78 is 94.6. The monoisotopic (exact) mass is 331 g/mol. The summed E-state index contributed by atoms with van der Waals surface area (Å²) in [5.41, 5.74) is 0. The van der Waals surface area contributed by atoms with Gasteiger partial charge in [0.2, 0.25) is 5.78 Å². The largest absolute Gasteiger partial charge is 0.471 e. The number of hydrogen-bond donors (Lipinski definition) is 1. The Bertz CT molecular complexity index is 372. The highest BCUT2D eigenvalue weighted by molar-refractivity contribution is 7.54.